The first-order chi connectivity index (χ1) is 15.5. The molecule has 170 valence electrons. The number of aliphatic hydroxyl groups is 1. The van der Waals surface area contributed by atoms with Crippen LogP contribution in [0.3, 0.4) is 0 Å². The third kappa shape index (κ3) is 4.25. The van der Waals surface area contributed by atoms with E-state index in [4.69, 9.17) is 14.2 Å². The Balaban J connectivity index is 1.72. The zero-order valence-corrected chi connectivity index (χ0v) is 19.3. The Bertz CT molecular complexity index is 1060. The van der Waals surface area contributed by atoms with Crippen LogP contribution in [0.1, 0.15) is 12.5 Å². The van der Waals surface area contributed by atoms with Crippen molar-refractivity contribution in [3.63, 3.8) is 0 Å². The molecule has 0 amide bonds. The Kier molecular flexibility index (Phi) is 6.54. The number of hydrogen-bond donors (Lipinski definition) is 2. The zero-order chi connectivity index (χ0) is 22.7. The lowest BCUT2D eigenvalue weighted by atomic mass is 9.83. The summed E-state index contributed by atoms with van der Waals surface area (Å²) < 4.78 is 21.6. The minimum Gasteiger partial charge on any atom is -0.494 e. The SMILES string of the molecule is COc1cccc(OC)c1-n1c(NSCC(O)C2(C)COC2)nnc1-c1cncc(C)c1. The van der Waals surface area contributed by atoms with Crippen LogP contribution in [0.4, 0.5) is 5.95 Å². The Morgan fingerprint density at radius 2 is 1.94 bits per heavy atom. The molecule has 9 nitrogen and oxygen atoms in total. The Hall–Kier alpha value is -2.82. The van der Waals surface area contributed by atoms with Crippen LogP contribution in [-0.2, 0) is 4.74 Å². The molecular formula is C22H27N5O4S. The van der Waals surface area contributed by atoms with E-state index in [9.17, 15) is 5.11 Å². The van der Waals surface area contributed by atoms with E-state index < -0.39 is 6.10 Å². The van der Waals surface area contributed by atoms with Gasteiger partial charge < -0.3 is 19.3 Å². The largest absolute Gasteiger partial charge is 0.494 e. The van der Waals surface area contributed by atoms with Gasteiger partial charge in [-0.2, -0.15) is 0 Å². The van der Waals surface area contributed by atoms with Gasteiger partial charge in [0.05, 0.1) is 33.5 Å². The maximum atomic E-state index is 10.5. The molecular weight excluding hydrogens is 430 g/mol. The molecule has 1 aliphatic heterocycles. The highest BCUT2D eigenvalue weighted by Crippen LogP contribution is 2.38. The number of aryl methyl sites for hydroxylation is 1. The molecule has 1 aromatic carbocycles. The molecule has 3 heterocycles. The highest BCUT2D eigenvalue weighted by atomic mass is 32.2. The highest BCUT2D eigenvalue weighted by Gasteiger charge is 2.40. The molecule has 1 atom stereocenters. The average molecular weight is 458 g/mol. The number of ether oxygens (including phenoxy) is 3. The van der Waals surface area contributed by atoms with Crippen LogP contribution < -0.4 is 14.2 Å². The molecule has 0 saturated carbocycles. The second-order valence-corrected chi connectivity index (χ2v) is 8.85. The predicted octanol–water partition coefficient (Wildman–Crippen LogP) is 3.11. The smallest absolute Gasteiger partial charge is 0.239 e. The van der Waals surface area contributed by atoms with Gasteiger partial charge in [0.15, 0.2) is 5.82 Å². The third-order valence-corrected chi connectivity index (χ3v) is 6.30. The van der Waals surface area contributed by atoms with Crippen LogP contribution in [0, 0.1) is 12.3 Å². The zero-order valence-electron chi connectivity index (χ0n) is 18.5. The first kappa shape index (κ1) is 22.4. The number of hydrogen-bond acceptors (Lipinski definition) is 9. The van der Waals surface area contributed by atoms with Crippen molar-refractivity contribution in [1.82, 2.24) is 19.7 Å². The number of rotatable bonds is 9. The maximum absolute atomic E-state index is 10.5. The summed E-state index contributed by atoms with van der Waals surface area (Å²) in [5.41, 5.74) is 2.27. The molecule has 0 spiro atoms. The van der Waals surface area contributed by atoms with Crippen LogP contribution in [0.5, 0.6) is 11.5 Å². The van der Waals surface area contributed by atoms with Crippen LogP contribution in [-0.4, -0.2) is 64.1 Å². The number of para-hydroxylation sites is 1. The summed E-state index contributed by atoms with van der Waals surface area (Å²) in [5.74, 6) is 2.76. The van der Waals surface area contributed by atoms with Gasteiger partial charge in [-0.15, -0.1) is 10.2 Å². The van der Waals surface area contributed by atoms with E-state index in [0.717, 1.165) is 11.1 Å². The highest BCUT2D eigenvalue weighted by molar-refractivity contribution is 8.00. The van der Waals surface area contributed by atoms with Crippen molar-refractivity contribution in [2.24, 2.45) is 5.41 Å². The van der Waals surface area contributed by atoms with Gasteiger partial charge in [-0.25, -0.2) is 0 Å². The van der Waals surface area contributed by atoms with Crippen molar-refractivity contribution in [2.45, 2.75) is 20.0 Å². The van der Waals surface area contributed by atoms with E-state index in [1.165, 1.54) is 11.9 Å². The van der Waals surface area contributed by atoms with E-state index in [2.05, 4.69) is 19.9 Å². The van der Waals surface area contributed by atoms with Crippen LogP contribution in [0.2, 0.25) is 0 Å². The Morgan fingerprint density at radius 1 is 1.22 bits per heavy atom. The number of nitrogens with zero attached hydrogens (tertiary/aromatic N) is 4. The van der Waals surface area contributed by atoms with E-state index in [1.807, 2.05) is 42.7 Å². The monoisotopic (exact) mass is 457 g/mol. The number of pyridine rings is 1. The molecule has 10 heteroatoms. The standard InChI is InChI=1S/C22H27N5O4S/c1-14-8-15(10-23-9-14)20-24-25-21(26-32-11-18(28)22(2)12-31-13-22)27(20)19-16(29-3)6-5-7-17(19)30-4/h5-10,18,28H,11-13H2,1-4H3,(H,25,26). The number of benzene rings is 1. The minimum atomic E-state index is -0.508. The van der Waals surface area contributed by atoms with E-state index in [1.54, 1.807) is 26.6 Å². The number of methoxy groups -OCH3 is 2. The van der Waals surface area contributed by atoms with Gasteiger partial charge in [0, 0.05) is 29.1 Å². The second-order valence-electron chi connectivity index (χ2n) is 8.02. The summed E-state index contributed by atoms with van der Waals surface area (Å²) in [6.07, 6.45) is 3.02. The topological polar surface area (TPSA) is 104 Å². The number of aliphatic hydroxyl groups excluding tert-OH is 1. The summed E-state index contributed by atoms with van der Waals surface area (Å²) in [7, 11) is 3.21. The number of aromatic nitrogens is 4. The molecule has 1 aliphatic rings. The van der Waals surface area contributed by atoms with Crippen LogP contribution >= 0.6 is 11.9 Å². The van der Waals surface area contributed by atoms with Gasteiger partial charge in [0.1, 0.15) is 17.2 Å². The molecule has 4 rings (SSSR count). The van der Waals surface area contributed by atoms with Gasteiger partial charge in [-0.1, -0.05) is 13.0 Å². The fourth-order valence-electron chi connectivity index (χ4n) is 3.48. The second kappa shape index (κ2) is 9.35. The van der Waals surface area contributed by atoms with Crippen molar-refractivity contribution in [1.29, 1.82) is 0 Å². The third-order valence-electron chi connectivity index (χ3n) is 5.49. The van der Waals surface area contributed by atoms with Gasteiger partial charge >= 0.3 is 0 Å². The van der Waals surface area contributed by atoms with Gasteiger partial charge in [0.25, 0.3) is 0 Å². The molecule has 2 aromatic heterocycles. The fourth-order valence-corrected chi connectivity index (χ4v) is 4.39. The molecule has 32 heavy (non-hydrogen) atoms. The molecule has 1 saturated heterocycles. The van der Waals surface area contributed by atoms with Gasteiger partial charge in [-0.3, -0.25) is 14.3 Å². The summed E-state index contributed by atoms with van der Waals surface area (Å²) >= 11 is 1.36. The Morgan fingerprint density at radius 3 is 2.53 bits per heavy atom. The fraction of sp³-hybridized carbons (Fsp3) is 0.409. The lowest BCUT2D eigenvalue weighted by molar-refractivity contribution is -0.153. The van der Waals surface area contributed by atoms with Gasteiger partial charge in [-0.05, 0) is 42.6 Å². The summed E-state index contributed by atoms with van der Waals surface area (Å²) in [5, 5.41) is 19.3. The van der Waals surface area contributed by atoms with E-state index in [0.29, 0.717) is 47.9 Å². The molecule has 1 fully saturated rings. The predicted molar refractivity (Wildman–Crippen MR) is 123 cm³/mol. The molecule has 2 N–H and O–H groups in total. The lowest BCUT2D eigenvalue weighted by Crippen LogP contribution is -2.50. The summed E-state index contributed by atoms with van der Waals surface area (Å²) in [4.78, 5) is 4.30. The van der Waals surface area contributed by atoms with Crippen molar-refractivity contribution in [3.05, 3.63) is 42.2 Å². The minimum absolute atomic E-state index is 0.216. The number of anilines is 1. The normalized spacial score (nSPS) is 15.7. The quantitative estimate of drug-likeness (QED) is 0.469. The van der Waals surface area contributed by atoms with Crippen LogP contribution in [0.15, 0.2) is 36.7 Å². The molecule has 1 unspecified atom stereocenters. The Labute approximate surface area is 191 Å². The molecule has 0 bridgehead atoms. The lowest BCUT2D eigenvalue weighted by Gasteiger charge is -2.41. The average Bonchev–Trinajstić information content (AvgIpc) is 3.20. The summed E-state index contributed by atoms with van der Waals surface area (Å²) in [6, 6.07) is 7.56. The molecule has 0 radical (unpaired) electrons. The first-order valence-corrected chi connectivity index (χ1v) is 11.2. The van der Waals surface area contributed by atoms with E-state index in [-0.39, 0.29) is 5.41 Å². The van der Waals surface area contributed by atoms with Crippen LogP contribution in [0.25, 0.3) is 17.1 Å². The van der Waals surface area contributed by atoms with Crippen molar-refractivity contribution in [2.75, 3.05) is 37.9 Å². The summed E-state index contributed by atoms with van der Waals surface area (Å²) in [6.45, 7) is 5.12. The maximum Gasteiger partial charge on any atom is 0.239 e. The van der Waals surface area contributed by atoms with Crippen molar-refractivity contribution < 1.29 is 19.3 Å². The molecule has 3 aromatic rings. The molecule has 0 aliphatic carbocycles. The number of nitrogens with one attached hydrogen (secondary N) is 1. The van der Waals surface area contributed by atoms with Crippen molar-refractivity contribution >= 4 is 17.9 Å². The van der Waals surface area contributed by atoms with E-state index >= 15 is 0 Å². The van der Waals surface area contributed by atoms with Gasteiger partial charge in [0.2, 0.25) is 5.95 Å². The van der Waals surface area contributed by atoms with Crippen molar-refractivity contribution in [3.8, 4) is 28.6 Å². The first-order valence-electron chi connectivity index (χ1n) is 10.2.